The van der Waals surface area contributed by atoms with Crippen LogP contribution in [-0.4, -0.2) is 37.3 Å². The van der Waals surface area contributed by atoms with Crippen molar-refractivity contribution in [2.45, 2.75) is 51.7 Å². The molecule has 2 unspecified atom stereocenters. The van der Waals surface area contributed by atoms with E-state index < -0.39 is 0 Å². The summed E-state index contributed by atoms with van der Waals surface area (Å²) >= 11 is 1.94. The topological polar surface area (TPSA) is 21.3 Å². The third kappa shape index (κ3) is 5.55. The Hall–Kier alpha value is 0.270. The molecule has 0 bridgehead atoms. The van der Waals surface area contributed by atoms with E-state index in [9.17, 15) is 0 Å². The average Bonchev–Trinajstić information content (AvgIpc) is 2.29. The molecule has 96 valence electrons. The van der Waals surface area contributed by atoms with Crippen LogP contribution in [0.25, 0.3) is 0 Å². The van der Waals surface area contributed by atoms with Gasteiger partial charge >= 0.3 is 0 Å². The molecule has 0 amide bonds. The average molecular weight is 245 g/mol. The molecule has 0 aromatic rings. The number of rotatable bonds is 7. The third-order valence-corrected chi connectivity index (χ3v) is 3.96. The zero-order valence-electron chi connectivity index (χ0n) is 11.0. The lowest BCUT2D eigenvalue weighted by molar-refractivity contribution is -0.0242. The number of ether oxygens (including phenoxy) is 1. The lowest BCUT2D eigenvalue weighted by Gasteiger charge is -2.32. The highest BCUT2D eigenvalue weighted by Crippen LogP contribution is 2.20. The van der Waals surface area contributed by atoms with E-state index >= 15 is 0 Å². The highest BCUT2D eigenvalue weighted by Gasteiger charge is 2.24. The first-order valence-corrected chi connectivity index (χ1v) is 7.97. The summed E-state index contributed by atoms with van der Waals surface area (Å²) in [6.45, 7) is 6.62. The van der Waals surface area contributed by atoms with Gasteiger partial charge in [0.05, 0.1) is 6.10 Å². The van der Waals surface area contributed by atoms with Crippen LogP contribution in [-0.2, 0) is 4.74 Å². The van der Waals surface area contributed by atoms with E-state index in [4.69, 9.17) is 4.74 Å². The fraction of sp³-hybridized carbons (Fsp3) is 1.00. The summed E-state index contributed by atoms with van der Waals surface area (Å²) in [6.07, 6.45) is 7.68. The molecule has 1 aliphatic heterocycles. The van der Waals surface area contributed by atoms with Gasteiger partial charge in [0.25, 0.3) is 0 Å². The van der Waals surface area contributed by atoms with Crippen molar-refractivity contribution < 1.29 is 4.74 Å². The molecule has 16 heavy (non-hydrogen) atoms. The first-order chi connectivity index (χ1) is 7.74. The second-order valence-corrected chi connectivity index (χ2v) is 6.01. The molecular formula is C13H27NOS. The molecule has 0 spiro atoms. The van der Waals surface area contributed by atoms with Gasteiger partial charge in [0.1, 0.15) is 0 Å². The van der Waals surface area contributed by atoms with Crippen molar-refractivity contribution in [3.8, 4) is 0 Å². The van der Waals surface area contributed by atoms with Crippen LogP contribution in [0.4, 0.5) is 0 Å². The number of hydrogen-bond acceptors (Lipinski definition) is 3. The van der Waals surface area contributed by atoms with Gasteiger partial charge in [-0.2, -0.15) is 11.8 Å². The Kier molecular flexibility index (Phi) is 7.50. The van der Waals surface area contributed by atoms with E-state index in [0.717, 1.165) is 6.61 Å². The molecule has 1 N–H and O–H groups in total. The molecule has 2 nitrogen and oxygen atoms in total. The predicted molar refractivity (Wildman–Crippen MR) is 73.2 cm³/mol. The number of nitrogens with one attached hydrogen (secondary N) is 1. The fourth-order valence-electron chi connectivity index (χ4n) is 2.16. The lowest BCUT2D eigenvalue weighted by atomic mass is 9.95. The predicted octanol–water partition coefficient (Wildman–Crippen LogP) is 2.92. The van der Waals surface area contributed by atoms with Crippen LogP contribution in [0.1, 0.15) is 39.5 Å². The maximum absolute atomic E-state index is 5.77. The standard InChI is InChI=1S/C13H27NOS/c1-11(2)13-10-12(6-8-15-13)14-7-4-5-9-16-3/h11-14H,4-10H2,1-3H3. The van der Waals surface area contributed by atoms with E-state index in [2.05, 4.69) is 25.4 Å². The Morgan fingerprint density at radius 2 is 2.19 bits per heavy atom. The van der Waals surface area contributed by atoms with Crippen molar-refractivity contribution in [3.63, 3.8) is 0 Å². The molecular weight excluding hydrogens is 218 g/mol. The van der Waals surface area contributed by atoms with Crippen molar-refractivity contribution in [1.29, 1.82) is 0 Å². The lowest BCUT2D eigenvalue weighted by Crippen LogP contribution is -2.41. The number of unbranched alkanes of at least 4 members (excludes halogenated alkanes) is 1. The highest BCUT2D eigenvalue weighted by atomic mass is 32.2. The van der Waals surface area contributed by atoms with E-state index in [0.29, 0.717) is 18.1 Å². The van der Waals surface area contributed by atoms with Crippen molar-refractivity contribution in [2.75, 3.05) is 25.2 Å². The quantitative estimate of drug-likeness (QED) is 0.697. The van der Waals surface area contributed by atoms with E-state index in [1.165, 1.54) is 38.0 Å². The molecule has 1 aliphatic rings. The second-order valence-electron chi connectivity index (χ2n) is 5.03. The highest BCUT2D eigenvalue weighted by molar-refractivity contribution is 7.98. The molecule has 3 heteroatoms. The number of hydrogen-bond donors (Lipinski definition) is 1. The van der Waals surface area contributed by atoms with Gasteiger partial charge in [-0.3, -0.25) is 0 Å². The first kappa shape index (κ1) is 14.3. The Balaban J connectivity index is 2.07. The Labute approximate surface area is 105 Å². The SMILES string of the molecule is CSCCCCNC1CCOC(C(C)C)C1. The van der Waals surface area contributed by atoms with Crippen LogP contribution < -0.4 is 5.32 Å². The molecule has 1 heterocycles. The summed E-state index contributed by atoms with van der Waals surface area (Å²) in [6, 6.07) is 0.690. The third-order valence-electron chi connectivity index (χ3n) is 3.27. The number of thioether (sulfide) groups is 1. The minimum Gasteiger partial charge on any atom is -0.378 e. The Morgan fingerprint density at radius 1 is 1.38 bits per heavy atom. The molecule has 1 saturated heterocycles. The van der Waals surface area contributed by atoms with Gasteiger partial charge in [-0.05, 0) is 50.2 Å². The minimum atomic E-state index is 0.470. The smallest absolute Gasteiger partial charge is 0.0612 e. The summed E-state index contributed by atoms with van der Waals surface area (Å²) in [5, 5.41) is 3.68. The Morgan fingerprint density at radius 3 is 2.88 bits per heavy atom. The summed E-state index contributed by atoms with van der Waals surface area (Å²) in [7, 11) is 0. The first-order valence-electron chi connectivity index (χ1n) is 6.58. The van der Waals surface area contributed by atoms with E-state index in [1.54, 1.807) is 0 Å². The van der Waals surface area contributed by atoms with E-state index in [1.807, 2.05) is 11.8 Å². The molecule has 0 aliphatic carbocycles. The normalized spacial score (nSPS) is 26.2. The maximum atomic E-state index is 5.77. The summed E-state index contributed by atoms with van der Waals surface area (Å²) < 4.78 is 5.77. The van der Waals surface area contributed by atoms with Gasteiger partial charge in [-0.15, -0.1) is 0 Å². The minimum absolute atomic E-state index is 0.470. The Bertz CT molecular complexity index is 175. The molecule has 1 fully saturated rings. The van der Waals surface area contributed by atoms with Crippen LogP contribution in [0.5, 0.6) is 0 Å². The molecule has 0 radical (unpaired) electrons. The summed E-state index contributed by atoms with van der Waals surface area (Å²) in [4.78, 5) is 0. The van der Waals surface area contributed by atoms with Gasteiger partial charge < -0.3 is 10.1 Å². The van der Waals surface area contributed by atoms with Gasteiger partial charge in [0, 0.05) is 12.6 Å². The van der Waals surface area contributed by atoms with Crippen LogP contribution in [0, 0.1) is 5.92 Å². The van der Waals surface area contributed by atoms with E-state index in [-0.39, 0.29) is 0 Å². The van der Waals surface area contributed by atoms with Crippen molar-refractivity contribution in [3.05, 3.63) is 0 Å². The summed E-state index contributed by atoms with van der Waals surface area (Å²) in [5.74, 6) is 1.95. The molecule has 0 aromatic heterocycles. The summed E-state index contributed by atoms with van der Waals surface area (Å²) in [5.41, 5.74) is 0. The maximum Gasteiger partial charge on any atom is 0.0612 e. The zero-order chi connectivity index (χ0) is 11.8. The monoisotopic (exact) mass is 245 g/mol. The van der Waals surface area contributed by atoms with Crippen molar-refractivity contribution in [2.24, 2.45) is 5.92 Å². The van der Waals surface area contributed by atoms with Gasteiger partial charge in [0.2, 0.25) is 0 Å². The van der Waals surface area contributed by atoms with Crippen molar-refractivity contribution in [1.82, 2.24) is 5.32 Å². The van der Waals surface area contributed by atoms with Crippen LogP contribution in [0.15, 0.2) is 0 Å². The fourth-order valence-corrected chi connectivity index (χ4v) is 2.65. The largest absolute Gasteiger partial charge is 0.378 e. The van der Waals surface area contributed by atoms with Crippen LogP contribution in [0.2, 0.25) is 0 Å². The van der Waals surface area contributed by atoms with Crippen molar-refractivity contribution >= 4 is 11.8 Å². The van der Waals surface area contributed by atoms with Crippen LogP contribution in [0.3, 0.4) is 0 Å². The van der Waals surface area contributed by atoms with Crippen LogP contribution >= 0.6 is 11.8 Å². The molecule has 1 rings (SSSR count). The molecule has 0 aromatic carbocycles. The molecule has 2 atom stereocenters. The van der Waals surface area contributed by atoms with Gasteiger partial charge in [-0.1, -0.05) is 13.8 Å². The van der Waals surface area contributed by atoms with Gasteiger partial charge in [0.15, 0.2) is 0 Å². The molecule has 0 saturated carbocycles. The van der Waals surface area contributed by atoms with Gasteiger partial charge in [-0.25, -0.2) is 0 Å². The second kappa shape index (κ2) is 8.37. The zero-order valence-corrected chi connectivity index (χ0v) is 11.8.